The van der Waals surface area contributed by atoms with Crippen molar-refractivity contribution in [2.75, 3.05) is 13.1 Å². The Bertz CT molecular complexity index is 647. The summed E-state index contributed by atoms with van der Waals surface area (Å²) in [6.07, 6.45) is 3.58. The Morgan fingerprint density at radius 2 is 1.57 bits per heavy atom. The van der Waals surface area contributed by atoms with Crippen LogP contribution in [0.15, 0.2) is 48.5 Å². The first-order valence-corrected chi connectivity index (χ1v) is 7.93. The van der Waals surface area contributed by atoms with E-state index >= 15 is 0 Å². The normalized spacial score (nSPS) is 15.3. The van der Waals surface area contributed by atoms with Crippen LogP contribution in [0.3, 0.4) is 0 Å². The Hall–Kier alpha value is -2.40. The van der Waals surface area contributed by atoms with Crippen molar-refractivity contribution < 1.29 is 9.66 Å². The fraction of sp³-hybridized carbons (Fsp3) is 0.333. The Kier molecular flexibility index (Phi) is 4.88. The number of hydrogen-bond acceptors (Lipinski definition) is 4. The van der Waals surface area contributed by atoms with Gasteiger partial charge >= 0.3 is 0 Å². The summed E-state index contributed by atoms with van der Waals surface area (Å²) >= 11 is 0. The topological polar surface area (TPSA) is 64.4 Å². The van der Waals surface area contributed by atoms with Crippen molar-refractivity contribution in [2.45, 2.75) is 19.3 Å². The SMILES string of the molecule is O=[N+]([O-])c1ccc(Oc2ccc(CC3CCNCC3)cc2)cc1. The molecule has 0 aliphatic carbocycles. The monoisotopic (exact) mass is 312 g/mol. The third-order valence-electron chi connectivity index (χ3n) is 4.19. The third-order valence-corrected chi connectivity index (χ3v) is 4.19. The molecule has 23 heavy (non-hydrogen) atoms. The highest BCUT2D eigenvalue weighted by molar-refractivity contribution is 5.39. The van der Waals surface area contributed by atoms with Crippen LogP contribution in [0.5, 0.6) is 11.5 Å². The highest BCUT2D eigenvalue weighted by Gasteiger charge is 2.13. The maximum absolute atomic E-state index is 10.6. The van der Waals surface area contributed by atoms with E-state index in [1.165, 1.54) is 30.5 Å². The minimum Gasteiger partial charge on any atom is -0.457 e. The largest absolute Gasteiger partial charge is 0.457 e. The second-order valence-corrected chi connectivity index (χ2v) is 5.89. The Morgan fingerprint density at radius 1 is 1.00 bits per heavy atom. The van der Waals surface area contributed by atoms with Gasteiger partial charge in [-0.05, 0) is 68.1 Å². The number of nitrogens with zero attached hydrogens (tertiary/aromatic N) is 1. The summed E-state index contributed by atoms with van der Waals surface area (Å²) < 4.78 is 5.73. The van der Waals surface area contributed by atoms with Crippen LogP contribution in [0.2, 0.25) is 0 Å². The van der Waals surface area contributed by atoms with Gasteiger partial charge in [0.05, 0.1) is 4.92 Å². The standard InChI is InChI=1S/C18H20N2O3/c21-20(22)16-3-7-18(8-4-16)23-17-5-1-14(2-6-17)13-15-9-11-19-12-10-15/h1-8,15,19H,9-13H2. The molecule has 1 saturated heterocycles. The molecule has 120 valence electrons. The van der Waals surface area contributed by atoms with Crippen molar-refractivity contribution in [3.63, 3.8) is 0 Å². The second-order valence-electron chi connectivity index (χ2n) is 5.89. The highest BCUT2D eigenvalue weighted by atomic mass is 16.6. The molecule has 0 radical (unpaired) electrons. The van der Waals surface area contributed by atoms with Crippen LogP contribution >= 0.6 is 0 Å². The van der Waals surface area contributed by atoms with Crippen LogP contribution in [0.1, 0.15) is 18.4 Å². The van der Waals surface area contributed by atoms with Gasteiger partial charge in [0, 0.05) is 12.1 Å². The summed E-state index contributed by atoms with van der Waals surface area (Å²) in [5.41, 5.74) is 1.39. The van der Waals surface area contributed by atoms with Crippen LogP contribution in [-0.2, 0) is 6.42 Å². The fourth-order valence-corrected chi connectivity index (χ4v) is 2.88. The minimum absolute atomic E-state index is 0.0645. The third kappa shape index (κ3) is 4.29. The molecule has 0 aromatic heterocycles. The smallest absolute Gasteiger partial charge is 0.269 e. The van der Waals surface area contributed by atoms with Crippen molar-refractivity contribution >= 4 is 5.69 Å². The van der Waals surface area contributed by atoms with E-state index in [4.69, 9.17) is 4.74 Å². The van der Waals surface area contributed by atoms with Crippen LogP contribution in [-0.4, -0.2) is 18.0 Å². The quantitative estimate of drug-likeness (QED) is 0.671. The van der Waals surface area contributed by atoms with Crippen molar-refractivity contribution in [1.82, 2.24) is 5.32 Å². The van der Waals surface area contributed by atoms with Gasteiger partial charge in [0.25, 0.3) is 5.69 Å². The van der Waals surface area contributed by atoms with Gasteiger partial charge in [-0.25, -0.2) is 0 Å². The Labute approximate surface area is 135 Å². The number of nitro groups is 1. The van der Waals surface area contributed by atoms with Gasteiger partial charge in [-0.3, -0.25) is 10.1 Å². The minimum atomic E-state index is -0.417. The predicted molar refractivity (Wildman–Crippen MR) is 88.9 cm³/mol. The van der Waals surface area contributed by atoms with Crippen LogP contribution in [0, 0.1) is 16.0 Å². The zero-order valence-electron chi connectivity index (χ0n) is 12.9. The molecule has 0 bridgehead atoms. The van der Waals surface area contributed by atoms with Crippen LogP contribution in [0.4, 0.5) is 5.69 Å². The lowest BCUT2D eigenvalue weighted by Gasteiger charge is -2.22. The second kappa shape index (κ2) is 7.24. The molecule has 2 aromatic carbocycles. The first-order valence-electron chi connectivity index (χ1n) is 7.93. The van der Waals surface area contributed by atoms with Crippen molar-refractivity contribution in [1.29, 1.82) is 0 Å². The van der Waals surface area contributed by atoms with Gasteiger partial charge in [-0.15, -0.1) is 0 Å². The molecular weight excluding hydrogens is 292 g/mol. The summed E-state index contributed by atoms with van der Waals surface area (Å²) in [4.78, 5) is 10.2. The molecule has 1 fully saturated rings. The van der Waals surface area contributed by atoms with Gasteiger partial charge in [0.15, 0.2) is 0 Å². The molecule has 3 rings (SSSR count). The van der Waals surface area contributed by atoms with Gasteiger partial charge in [-0.1, -0.05) is 12.1 Å². The molecule has 0 spiro atoms. The van der Waals surface area contributed by atoms with Crippen molar-refractivity contribution in [3.05, 3.63) is 64.2 Å². The molecular formula is C18H20N2O3. The van der Waals surface area contributed by atoms with Crippen molar-refractivity contribution in [2.24, 2.45) is 5.92 Å². The number of rotatable bonds is 5. The van der Waals surface area contributed by atoms with Gasteiger partial charge < -0.3 is 10.1 Å². The lowest BCUT2D eigenvalue weighted by Crippen LogP contribution is -2.28. The molecule has 5 heteroatoms. The van der Waals surface area contributed by atoms with Crippen LogP contribution < -0.4 is 10.1 Å². The number of nitrogens with one attached hydrogen (secondary N) is 1. The molecule has 0 atom stereocenters. The average Bonchev–Trinajstić information content (AvgIpc) is 2.58. The van der Waals surface area contributed by atoms with E-state index in [1.54, 1.807) is 12.1 Å². The summed E-state index contributed by atoms with van der Waals surface area (Å²) in [5, 5.41) is 14.0. The van der Waals surface area contributed by atoms with E-state index in [1.807, 2.05) is 12.1 Å². The van der Waals surface area contributed by atoms with Crippen LogP contribution in [0.25, 0.3) is 0 Å². The van der Waals surface area contributed by atoms with Crippen molar-refractivity contribution in [3.8, 4) is 11.5 Å². The molecule has 0 saturated carbocycles. The molecule has 5 nitrogen and oxygen atoms in total. The summed E-state index contributed by atoms with van der Waals surface area (Å²) in [6.45, 7) is 2.23. The molecule has 1 heterocycles. The number of hydrogen-bond donors (Lipinski definition) is 1. The maximum atomic E-state index is 10.6. The molecule has 1 aliphatic rings. The molecule has 1 N–H and O–H groups in total. The van der Waals surface area contributed by atoms with E-state index in [2.05, 4.69) is 17.4 Å². The van der Waals surface area contributed by atoms with E-state index in [0.717, 1.165) is 31.2 Å². The number of non-ortho nitro benzene ring substituents is 1. The van der Waals surface area contributed by atoms with E-state index in [-0.39, 0.29) is 5.69 Å². The maximum Gasteiger partial charge on any atom is 0.269 e. The number of nitro benzene ring substituents is 1. The Morgan fingerprint density at radius 3 is 2.13 bits per heavy atom. The first kappa shape index (κ1) is 15.5. The molecule has 0 unspecified atom stereocenters. The summed E-state index contributed by atoms with van der Waals surface area (Å²) in [7, 11) is 0. The highest BCUT2D eigenvalue weighted by Crippen LogP contribution is 2.25. The lowest BCUT2D eigenvalue weighted by molar-refractivity contribution is -0.384. The zero-order valence-corrected chi connectivity index (χ0v) is 12.9. The summed E-state index contributed by atoms with van der Waals surface area (Å²) in [6, 6.07) is 14.2. The molecule has 1 aliphatic heterocycles. The number of piperidine rings is 1. The predicted octanol–water partition coefficient (Wildman–Crippen LogP) is 3.93. The zero-order chi connectivity index (χ0) is 16.1. The summed E-state index contributed by atoms with van der Waals surface area (Å²) in [5.74, 6) is 2.10. The van der Waals surface area contributed by atoms with E-state index in [0.29, 0.717) is 5.75 Å². The van der Waals surface area contributed by atoms with Gasteiger partial charge in [-0.2, -0.15) is 0 Å². The number of benzene rings is 2. The average molecular weight is 312 g/mol. The number of ether oxygens (including phenoxy) is 1. The van der Waals surface area contributed by atoms with E-state index in [9.17, 15) is 10.1 Å². The Balaban J connectivity index is 1.59. The molecule has 2 aromatic rings. The van der Waals surface area contributed by atoms with Gasteiger partial charge in [0.2, 0.25) is 0 Å². The van der Waals surface area contributed by atoms with E-state index < -0.39 is 4.92 Å². The lowest BCUT2D eigenvalue weighted by atomic mass is 9.91. The molecule has 0 amide bonds. The first-order chi connectivity index (χ1) is 11.2. The van der Waals surface area contributed by atoms with Gasteiger partial charge in [0.1, 0.15) is 11.5 Å². The fourth-order valence-electron chi connectivity index (χ4n) is 2.88.